The van der Waals surface area contributed by atoms with Crippen molar-refractivity contribution in [2.45, 2.75) is 50.4 Å². The van der Waals surface area contributed by atoms with E-state index in [0.717, 1.165) is 61.4 Å². The van der Waals surface area contributed by atoms with Crippen molar-refractivity contribution in [2.75, 3.05) is 41.0 Å². The molecule has 0 bridgehead atoms. The summed E-state index contributed by atoms with van der Waals surface area (Å²) in [6.07, 6.45) is 11.1. The largest absolute Gasteiger partial charge is 0.508 e. The number of nitrogens with zero attached hydrogens (tertiary/aromatic N) is 1. The first-order valence-electron chi connectivity index (χ1n) is 12.2. The van der Waals surface area contributed by atoms with Crippen molar-refractivity contribution in [1.82, 2.24) is 4.90 Å². The third kappa shape index (κ3) is 4.00. The quantitative estimate of drug-likeness (QED) is 0.589. The molecule has 4 unspecified atom stereocenters. The molecule has 5 rings (SSSR count). The number of rotatable bonds is 7. The van der Waals surface area contributed by atoms with Crippen LogP contribution in [0.25, 0.3) is 0 Å². The topological polar surface area (TPSA) is 80.6 Å². The minimum Gasteiger partial charge on any atom is -0.508 e. The number of hydrogen-bond acceptors (Lipinski definition) is 7. The Bertz CT molecular complexity index is 1020. The highest BCUT2D eigenvalue weighted by molar-refractivity contribution is 5.59. The predicted octanol–water partition coefficient (Wildman–Crippen LogP) is 3.66. The number of likely N-dealkylation sites (tertiary alicyclic amines) is 1. The van der Waals surface area contributed by atoms with Gasteiger partial charge in [-0.15, -0.1) is 0 Å². The molecule has 5 aliphatic rings. The van der Waals surface area contributed by atoms with Gasteiger partial charge in [-0.3, -0.25) is 4.90 Å². The summed E-state index contributed by atoms with van der Waals surface area (Å²) in [4.78, 5) is 2.49. The summed E-state index contributed by atoms with van der Waals surface area (Å²) in [6, 6.07) is 0.195. The number of piperidine rings is 1. The number of methoxy groups -OCH3 is 3. The number of aliphatic hydroxyl groups excluding tert-OH is 2. The fourth-order valence-electron chi connectivity index (χ4n) is 6.17. The summed E-state index contributed by atoms with van der Waals surface area (Å²) in [5, 5.41) is 21.4. The van der Waals surface area contributed by atoms with E-state index in [4.69, 9.17) is 18.9 Å². The summed E-state index contributed by atoms with van der Waals surface area (Å²) in [5.41, 5.74) is 4.69. The van der Waals surface area contributed by atoms with Crippen LogP contribution in [0.5, 0.6) is 0 Å². The highest BCUT2D eigenvalue weighted by Crippen LogP contribution is 2.50. The minimum absolute atomic E-state index is 0.150. The number of hydrogen-bond donors (Lipinski definition) is 2. The lowest BCUT2D eigenvalue weighted by molar-refractivity contribution is 0.0270. The lowest BCUT2D eigenvalue weighted by Gasteiger charge is -2.49. The maximum atomic E-state index is 10.9. The van der Waals surface area contributed by atoms with E-state index < -0.39 is 12.2 Å². The Hall–Kier alpha value is -2.48. The smallest absolute Gasteiger partial charge is 0.156 e. The van der Waals surface area contributed by atoms with Gasteiger partial charge in [-0.25, -0.2) is 0 Å². The van der Waals surface area contributed by atoms with Gasteiger partial charge in [0.2, 0.25) is 0 Å². The van der Waals surface area contributed by atoms with Gasteiger partial charge in [0.25, 0.3) is 0 Å². The second-order valence-electron chi connectivity index (χ2n) is 9.50. The predicted molar refractivity (Wildman–Crippen MR) is 128 cm³/mol. The van der Waals surface area contributed by atoms with Crippen LogP contribution in [0.2, 0.25) is 0 Å². The van der Waals surface area contributed by atoms with Crippen LogP contribution in [0.15, 0.2) is 69.6 Å². The first-order valence-corrected chi connectivity index (χ1v) is 12.2. The summed E-state index contributed by atoms with van der Waals surface area (Å²) in [6.45, 7) is 2.28. The number of allylic oxidation sites excluding steroid dienone is 5. The Morgan fingerprint density at radius 1 is 1.09 bits per heavy atom. The molecule has 7 nitrogen and oxygen atoms in total. The molecular formula is C27H35NO6. The van der Waals surface area contributed by atoms with Gasteiger partial charge in [0.15, 0.2) is 11.5 Å². The van der Waals surface area contributed by atoms with Crippen molar-refractivity contribution < 1.29 is 29.2 Å². The Labute approximate surface area is 201 Å². The number of aliphatic hydroxyl groups is 2. The zero-order valence-electron chi connectivity index (χ0n) is 20.3. The van der Waals surface area contributed by atoms with Crippen molar-refractivity contribution >= 4 is 0 Å². The van der Waals surface area contributed by atoms with E-state index in [9.17, 15) is 10.2 Å². The third-order valence-corrected chi connectivity index (χ3v) is 7.75. The Morgan fingerprint density at radius 2 is 1.94 bits per heavy atom. The summed E-state index contributed by atoms with van der Waals surface area (Å²) in [5.74, 6) is 2.68. The van der Waals surface area contributed by atoms with Crippen LogP contribution in [0, 0.1) is 5.92 Å². The normalized spacial score (nSPS) is 31.1. The van der Waals surface area contributed by atoms with E-state index >= 15 is 0 Å². The van der Waals surface area contributed by atoms with Crippen LogP contribution in [-0.2, 0) is 18.9 Å². The lowest BCUT2D eigenvalue weighted by Crippen LogP contribution is -2.51. The van der Waals surface area contributed by atoms with Crippen LogP contribution in [0.3, 0.4) is 0 Å². The van der Waals surface area contributed by atoms with E-state index in [1.165, 1.54) is 11.1 Å². The minimum atomic E-state index is -0.683. The van der Waals surface area contributed by atoms with Crippen LogP contribution in [-0.4, -0.2) is 74.4 Å². The Balaban J connectivity index is 1.44. The Morgan fingerprint density at radius 3 is 2.71 bits per heavy atom. The van der Waals surface area contributed by atoms with Crippen molar-refractivity contribution in [3.8, 4) is 0 Å². The maximum Gasteiger partial charge on any atom is 0.156 e. The molecule has 1 fully saturated rings. The molecule has 0 radical (unpaired) electrons. The van der Waals surface area contributed by atoms with Crippen LogP contribution in [0.4, 0.5) is 0 Å². The molecule has 184 valence electrons. The van der Waals surface area contributed by atoms with Crippen molar-refractivity contribution in [1.29, 1.82) is 0 Å². The molecule has 7 heteroatoms. The monoisotopic (exact) mass is 469 g/mol. The van der Waals surface area contributed by atoms with E-state index in [0.29, 0.717) is 18.8 Å². The van der Waals surface area contributed by atoms with Gasteiger partial charge >= 0.3 is 0 Å². The summed E-state index contributed by atoms with van der Waals surface area (Å²) >= 11 is 0. The van der Waals surface area contributed by atoms with Gasteiger partial charge in [-0.05, 0) is 65.7 Å². The highest BCUT2D eigenvalue weighted by atomic mass is 16.5. The van der Waals surface area contributed by atoms with Crippen LogP contribution in [0.1, 0.15) is 32.1 Å². The Kier molecular flexibility index (Phi) is 6.60. The fraction of sp³-hybridized carbons (Fsp3) is 0.556. The van der Waals surface area contributed by atoms with Gasteiger partial charge in [-0.1, -0.05) is 6.08 Å². The van der Waals surface area contributed by atoms with Crippen molar-refractivity contribution in [3.05, 3.63) is 69.6 Å². The van der Waals surface area contributed by atoms with E-state index in [1.807, 2.05) is 18.2 Å². The SMILES string of the molecule is COC1=C(O)CC2CC3C4=C(C2=C1)C(OC)C(O)C=C4CCN3CCOC1=C(OC)CCC=C1. The van der Waals surface area contributed by atoms with Crippen molar-refractivity contribution in [3.63, 3.8) is 0 Å². The molecule has 2 N–H and O–H groups in total. The average molecular weight is 470 g/mol. The van der Waals surface area contributed by atoms with E-state index in [1.54, 1.807) is 21.3 Å². The summed E-state index contributed by atoms with van der Waals surface area (Å²) < 4.78 is 22.9. The molecule has 1 heterocycles. The van der Waals surface area contributed by atoms with E-state index in [2.05, 4.69) is 11.0 Å². The van der Waals surface area contributed by atoms with Gasteiger partial charge in [-0.2, -0.15) is 0 Å². The summed E-state index contributed by atoms with van der Waals surface area (Å²) in [7, 11) is 4.93. The fourth-order valence-corrected chi connectivity index (χ4v) is 6.17. The molecule has 1 saturated heterocycles. The van der Waals surface area contributed by atoms with Gasteiger partial charge < -0.3 is 29.2 Å². The zero-order valence-corrected chi connectivity index (χ0v) is 20.3. The molecule has 0 amide bonds. The van der Waals surface area contributed by atoms with Crippen LogP contribution >= 0.6 is 0 Å². The standard InChI is InChI=1S/C27H35NO6/c1-31-22-6-4-5-7-23(22)34-11-10-28-9-8-16-13-21(30)27(33-3)26-18-15-24(32-2)20(29)14-17(18)12-19(28)25(16)26/h5,7,13,15,17,19,21,27,29-30H,4,6,8-12,14H2,1-3H3. The molecule has 0 aromatic carbocycles. The third-order valence-electron chi connectivity index (χ3n) is 7.75. The lowest BCUT2D eigenvalue weighted by atomic mass is 9.65. The molecule has 34 heavy (non-hydrogen) atoms. The molecule has 0 aromatic heterocycles. The molecule has 4 atom stereocenters. The zero-order chi connectivity index (χ0) is 23.8. The first-order chi connectivity index (χ1) is 16.5. The second kappa shape index (κ2) is 9.64. The molecular weight excluding hydrogens is 434 g/mol. The van der Waals surface area contributed by atoms with Crippen LogP contribution < -0.4 is 0 Å². The second-order valence-corrected chi connectivity index (χ2v) is 9.50. The average Bonchev–Trinajstić information content (AvgIpc) is 2.85. The van der Waals surface area contributed by atoms with Gasteiger partial charge in [0.1, 0.15) is 30.3 Å². The first kappa shape index (κ1) is 23.3. The molecule has 1 aliphatic heterocycles. The van der Waals surface area contributed by atoms with E-state index in [-0.39, 0.29) is 17.7 Å². The number of fused-ring (bicyclic) bond motifs is 2. The molecule has 0 spiro atoms. The highest BCUT2D eigenvalue weighted by Gasteiger charge is 2.46. The van der Waals surface area contributed by atoms with Gasteiger partial charge in [0.05, 0.1) is 14.2 Å². The number of ether oxygens (including phenoxy) is 4. The molecule has 0 saturated carbocycles. The maximum absolute atomic E-state index is 10.9. The molecule has 0 aromatic rings. The molecule has 4 aliphatic carbocycles. The van der Waals surface area contributed by atoms with Gasteiger partial charge in [0, 0.05) is 39.1 Å². The van der Waals surface area contributed by atoms with Crippen molar-refractivity contribution in [2.24, 2.45) is 5.92 Å².